The van der Waals surface area contributed by atoms with Gasteiger partial charge in [0.15, 0.2) is 0 Å². The van der Waals surface area contributed by atoms with E-state index in [1.165, 1.54) is 17.0 Å². The fraction of sp³-hybridized carbons (Fsp3) is 0.133. The molecule has 0 heterocycles. The lowest BCUT2D eigenvalue weighted by molar-refractivity contribution is 0.0780. The van der Waals surface area contributed by atoms with Crippen LogP contribution in [0.5, 0.6) is 0 Å². The van der Waals surface area contributed by atoms with Crippen LogP contribution in [0, 0.1) is 5.82 Å². The van der Waals surface area contributed by atoms with Crippen molar-refractivity contribution in [3.05, 3.63) is 68.9 Å². The summed E-state index contributed by atoms with van der Waals surface area (Å²) in [6.45, 7) is 0.394. The van der Waals surface area contributed by atoms with E-state index in [0.29, 0.717) is 16.0 Å². The Morgan fingerprint density at radius 3 is 2.50 bits per heavy atom. The zero-order valence-electron chi connectivity index (χ0n) is 10.7. The zero-order chi connectivity index (χ0) is 14.7. The van der Waals surface area contributed by atoms with Gasteiger partial charge in [0, 0.05) is 23.1 Å². The second-order valence-electron chi connectivity index (χ2n) is 4.41. The van der Waals surface area contributed by atoms with Crippen molar-refractivity contribution in [2.45, 2.75) is 6.54 Å². The minimum absolute atomic E-state index is 0.0599. The van der Waals surface area contributed by atoms with E-state index in [2.05, 4.69) is 15.9 Å². The zero-order valence-corrected chi connectivity index (χ0v) is 13.1. The van der Waals surface area contributed by atoms with Crippen molar-refractivity contribution in [2.75, 3.05) is 7.05 Å². The van der Waals surface area contributed by atoms with E-state index in [-0.39, 0.29) is 11.5 Å². The topological polar surface area (TPSA) is 20.3 Å². The molecule has 0 fully saturated rings. The van der Waals surface area contributed by atoms with E-state index in [9.17, 15) is 9.18 Å². The summed E-state index contributed by atoms with van der Waals surface area (Å²) in [7, 11) is 1.64. The first kappa shape index (κ1) is 15.0. The van der Waals surface area contributed by atoms with Gasteiger partial charge in [0.05, 0.1) is 5.56 Å². The Morgan fingerprint density at radius 2 is 1.90 bits per heavy atom. The summed E-state index contributed by atoms with van der Waals surface area (Å²) in [4.78, 5) is 13.7. The molecule has 0 spiro atoms. The number of rotatable bonds is 3. The molecular weight excluding hydrogens is 345 g/mol. The summed E-state index contributed by atoms with van der Waals surface area (Å²) in [5.74, 6) is -0.891. The lowest BCUT2D eigenvalue weighted by Gasteiger charge is -2.17. The highest BCUT2D eigenvalue weighted by atomic mass is 79.9. The van der Waals surface area contributed by atoms with Gasteiger partial charge in [0.1, 0.15) is 5.82 Å². The standard InChI is InChI=1S/C15H12BrClFNO/c1-19(9-10-2-5-12(17)6-3-10)15(20)13-7-4-11(16)8-14(13)18/h2-8H,9H2,1H3. The number of halogens is 3. The van der Waals surface area contributed by atoms with Gasteiger partial charge < -0.3 is 4.90 Å². The summed E-state index contributed by atoms with van der Waals surface area (Å²) >= 11 is 8.97. The van der Waals surface area contributed by atoms with Crippen LogP contribution < -0.4 is 0 Å². The van der Waals surface area contributed by atoms with Crippen molar-refractivity contribution in [1.29, 1.82) is 0 Å². The summed E-state index contributed by atoms with van der Waals surface area (Å²) < 4.78 is 14.4. The number of carbonyl (C=O) groups excluding carboxylic acids is 1. The molecule has 0 aliphatic carbocycles. The maximum atomic E-state index is 13.8. The Morgan fingerprint density at radius 1 is 1.25 bits per heavy atom. The molecule has 0 aliphatic rings. The molecule has 0 bridgehead atoms. The summed E-state index contributed by atoms with van der Waals surface area (Å²) in [6, 6.07) is 11.6. The molecule has 0 saturated heterocycles. The van der Waals surface area contributed by atoms with Gasteiger partial charge in [-0.05, 0) is 35.9 Å². The first-order chi connectivity index (χ1) is 9.47. The van der Waals surface area contributed by atoms with Gasteiger partial charge in [-0.25, -0.2) is 4.39 Å². The van der Waals surface area contributed by atoms with E-state index in [4.69, 9.17) is 11.6 Å². The molecule has 0 unspecified atom stereocenters. The SMILES string of the molecule is CN(Cc1ccc(Cl)cc1)C(=O)c1ccc(Br)cc1F. The molecule has 0 N–H and O–H groups in total. The maximum absolute atomic E-state index is 13.8. The van der Waals surface area contributed by atoms with Crippen molar-refractivity contribution in [1.82, 2.24) is 4.90 Å². The molecule has 5 heteroatoms. The monoisotopic (exact) mass is 355 g/mol. The molecule has 1 amide bonds. The van der Waals surface area contributed by atoms with Gasteiger partial charge in [-0.2, -0.15) is 0 Å². The number of hydrogen-bond acceptors (Lipinski definition) is 1. The van der Waals surface area contributed by atoms with Crippen molar-refractivity contribution in [3.8, 4) is 0 Å². The Balaban J connectivity index is 2.14. The van der Waals surface area contributed by atoms with Crippen molar-refractivity contribution >= 4 is 33.4 Å². The van der Waals surface area contributed by atoms with E-state index in [0.717, 1.165) is 5.56 Å². The van der Waals surface area contributed by atoms with Crippen LogP contribution in [0.25, 0.3) is 0 Å². The van der Waals surface area contributed by atoms with E-state index in [1.807, 2.05) is 12.1 Å². The number of carbonyl (C=O) groups is 1. The van der Waals surface area contributed by atoms with Gasteiger partial charge in [-0.1, -0.05) is 39.7 Å². The maximum Gasteiger partial charge on any atom is 0.256 e. The van der Waals surface area contributed by atoms with Gasteiger partial charge in [-0.3, -0.25) is 4.79 Å². The van der Waals surface area contributed by atoms with Crippen LogP contribution in [0.4, 0.5) is 4.39 Å². The lowest BCUT2D eigenvalue weighted by atomic mass is 10.1. The van der Waals surface area contributed by atoms with Crippen LogP contribution >= 0.6 is 27.5 Å². The van der Waals surface area contributed by atoms with Crippen LogP contribution in [0.2, 0.25) is 5.02 Å². The Labute approximate surface area is 130 Å². The molecule has 20 heavy (non-hydrogen) atoms. The van der Waals surface area contributed by atoms with E-state index < -0.39 is 5.82 Å². The number of nitrogens with zero attached hydrogens (tertiary/aromatic N) is 1. The van der Waals surface area contributed by atoms with Crippen molar-refractivity contribution in [2.24, 2.45) is 0 Å². The Kier molecular flexibility index (Phi) is 4.78. The van der Waals surface area contributed by atoms with E-state index in [1.54, 1.807) is 25.2 Å². The normalized spacial score (nSPS) is 10.4. The smallest absolute Gasteiger partial charge is 0.256 e. The summed E-state index contributed by atoms with van der Waals surface area (Å²) in [6.07, 6.45) is 0. The number of benzene rings is 2. The molecule has 104 valence electrons. The molecule has 0 radical (unpaired) electrons. The minimum Gasteiger partial charge on any atom is -0.337 e. The average molecular weight is 357 g/mol. The third-order valence-electron chi connectivity index (χ3n) is 2.84. The highest BCUT2D eigenvalue weighted by molar-refractivity contribution is 9.10. The summed E-state index contributed by atoms with van der Waals surface area (Å²) in [5, 5.41) is 0.640. The molecule has 0 atom stereocenters. The first-order valence-electron chi connectivity index (χ1n) is 5.92. The largest absolute Gasteiger partial charge is 0.337 e. The third-order valence-corrected chi connectivity index (χ3v) is 3.59. The van der Waals surface area contributed by atoms with Crippen molar-refractivity contribution < 1.29 is 9.18 Å². The molecular formula is C15H12BrClFNO. The van der Waals surface area contributed by atoms with Crippen LogP contribution in [-0.4, -0.2) is 17.9 Å². The number of hydrogen-bond donors (Lipinski definition) is 0. The van der Waals surface area contributed by atoms with E-state index >= 15 is 0 Å². The molecule has 0 aliphatic heterocycles. The van der Waals surface area contributed by atoms with Gasteiger partial charge >= 0.3 is 0 Å². The minimum atomic E-state index is -0.535. The third kappa shape index (κ3) is 3.58. The number of amides is 1. The second-order valence-corrected chi connectivity index (χ2v) is 5.76. The van der Waals surface area contributed by atoms with Crippen LogP contribution in [0.3, 0.4) is 0 Å². The predicted octanol–water partition coefficient (Wildman–Crippen LogP) is 4.51. The predicted molar refractivity (Wildman–Crippen MR) is 81.3 cm³/mol. The average Bonchev–Trinajstić information content (AvgIpc) is 2.40. The molecule has 2 aromatic rings. The Bertz CT molecular complexity index is 630. The highest BCUT2D eigenvalue weighted by Gasteiger charge is 2.16. The first-order valence-corrected chi connectivity index (χ1v) is 7.09. The Hall–Kier alpha value is -1.39. The van der Waals surface area contributed by atoms with Crippen LogP contribution in [-0.2, 0) is 6.54 Å². The van der Waals surface area contributed by atoms with Crippen LogP contribution in [0.15, 0.2) is 46.9 Å². The molecule has 0 saturated carbocycles. The van der Waals surface area contributed by atoms with Gasteiger partial charge in [0.2, 0.25) is 0 Å². The van der Waals surface area contributed by atoms with Gasteiger partial charge in [0.25, 0.3) is 5.91 Å². The molecule has 0 aromatic heterocycles. The lowest BCUT2D eigenvalue weighted by Crippen LogP contribution is -2.27. The fourth-order valence-electron chi connectivity index (χ4n) is 1.80. The molecule has 2 aromatic carbocycles. The summed E-state index contributed by atoms with van der Waals surface area (Å²) in [5.41, 5.74) is 0.993. The second kappa shape index (κ2) is 6.37. The highest BCUT2D eigenvalue weighted by Crippen LogP contribution is 2.18. The quantitative estimate of drug-likeness (QED) is 0.792. The fourth-order valence-corrected chi connectivity index (χ4v) is 2.26. The van der Waals surface area contributed by atoms with Crippen LogP contribution in [0.1, 0.15) is 15.9 Å². The van der Waals surface area contributed by atoms with Gasteiger partial charge in [-0.15, -0.1) is 0 Å². The van der Waals surface area contributed by atoms with Crippen molar-refractivity contribution in [3.63, 3.8) is 0 Å². The molecule has 2 nitrogen and oxygen atoms in total. The molecule has 2 rings (SSSR count).